The zero-order valence-corrected chi connectivity index (χ0v) is 39.3. The van der Waals surface area contributed by atoms with Crippen LogP contribution in [0.1, 0.15) is 165 Å². The molecule has 3 unspecified atom stereocenters. The normalized spacial score (nSPS) is 24.2. The highest BCUT2D eigenvalue weighted by molar-refractivity contribution is 7.33. The van der Waals surface area contributed by atoms with E-state index < -0.39 is 0 Å². The van der Waals surface area contributed by atoms with Gasteiger partial charge in [0.15, 0.2) is 0 Å². The first kappa shape index (κ1) is 39.3. The van der Waals surface area contributed by atoms with Gasteiger partial charge in [0.25, 0.3) is 6.71 Å². The summed E-state index contributed by atoms with van der Waals surface area (Å²) in [6, 6.07) is 25.6. The minimum Gasteiger partial charge on any atom is -0.334 e. The monoisotopic (exact) mass is 796 g/mol. The van der Waals surface area contributed by atoms with Crippen LogP contribution in [0.2, 0.25) is 0 Å². The Kier molecular flexibility index (Phi) is 8.42. The number of rotatable bonds is 2. The van der Waals surface area contributed by atoms with Crippen molar-refractivity contribution in [1.82, 2.24) is 0 Å². The van der Waals surface area contributed by atoms with Gasteiger partial charge in [-0.25, -0.2) is 0 Å². The Morgan fingerprint density at radius 1 is 0.712 bits per heavy atom. The minimum atomic E-state index is 0.0638. The minimum absolute atomic E-state index is 0.0638. The van der Waals surface area contributed by atoms with Crippen LogP contribution in [0.15, 0.2) is 84.5 Å². The predicted molar refractivity (Wildman–Crippen MR) is 259 cm³/mol. The third-order valence-corrected chi connectivity index (χ3v) is 17.3. The number of allylic oxidation sites excluding steroid dienone is 2. The Hall–Kier alpha value is -3.82. The number of nitrogens with zero attached hydrogens (tertiary/aromatic N) is 1. The van der Waals surface area contributed by atoms with Crippen molar-refractivity contribution in [2.24, 2.45) is 11.3 Å². The molecule has 5 aromatic rings. The van der Waals surface area contributed by atoms with Crippen LogP contribution in [0.5, 0.6) is 0 Å². The second-order valence-corrected chi connectivity index (χ2v) is 24.3. The summed E-state index contributed by atoms with van der Waals surface area (Å²) in [5.74, 6) is 0.499. The van der Waals surface area contributed by atoms with E-state index >= 15 is 0 Å². The van der Waals surface area contributed by atoms with E-state index in [-0.39, 0.29) is 45.7 Å². The van der Waals surface area contributed by atoms with Crippen LogP contribution >= 0.6 is 11.3 Å². The van der Waals surface area contributed by atoms with Gasteiger partial charge in [-0.15, -0.1) is 11.3 Å². The number of hydrogen-bond acceptors (Lipinski definition) is 2. The van der Waals surface area contributed by atoms with Crippen LogP contribution in [-0.2, 0) is 21.7 Å². The molecule has 3 heterocycles. The van der Waals surface area contributed by atoms with Crippen molar-refractivity contribution in [3.8, 4) is 0 Å². The lowest BCUT2D eigenvalue weighted by atomic mass is 9.32. The zero-order chi connectivity index (χ0) is 41.9. The summed E-state index contributed by atoms with van der Waals surface area (Å²) in [6.07, 6.45) is 12.4. The van der Waals surface area contributed by atoms with Crippen LogP contribution in [0.3, 0.4) is 0 Å². The number of thiophene rings is 1. The fourth-order valence-electron chi connectivity index (χ4n) is 12.4. The van der Waals surface area contributed by atoms with Gasteiger partial charge in [-0.2, -0.15) is 0 Å². The Balaban J connectivity index is 1.32. The summed E-state index contributed by atoms with van der Waals surface area (Å²) in [7, 11) is 0. The molecular weight excluding hydrogens is 730 g/mol. The maximum absolute atomic E-state index is 2.82. The van der Waals surface area contributed by atoms with Crippen molar-refractivity contribution in [2.45, 2.75) is 156 Å². The first-order valence-electron chi connectivity index (χ1n) is 22.8. The average Bonchev–Trinajstić information content (AvgIpc) is 3.53. The second kappa shape index (κ2) is 12.6. The number of benzene rings is 4. The summed E-state index contributed by atoms with van der Waals surface area (Å²) in [5, 5.41) is 1.41. The van der Waals surface area contributed by atoms with Gasteiger partial charge >= 0.3 is 0 Å². The highest BCUT2D eigenvalue weighted by atomic mass is 32.1. The van der Waals surface area contributed by atoms with Crippen LogP contribution < -0.4 is 20.6 Å². The van der Waals surface area contributed by atoms with E-state index in [1.54, 1.807) is 38.7 Å². The Morgan fingerprint density at radius 3 is 2.07 bits per heavy atom. The van der Waals surface area contributed by atoms with Gasteiger partial charge in [0.2, 0.25) is 0 Å². The highest BCUT2D eigenvalue weighted by Gasteiger charge is 2.51. The third-order valence-electron chi connectivity index (χ3n) is 16.0. The molecule has 0 bridgehead atoms. The molecule has 1 aromatic heterocycles. The van der Waals surface area contributed by atoms with Crippen LogP contribution in [0.4, 0.5) is 11.4 Å². The van der Waals surface area contributed by atoms with Crippen molar-refractivity contribution in [2.75, 3.05) is 4.90 Å². The summed E-state index contributed by atoms with van der Waals surface area (Å²) >= 11 is 2.06. The average molecular weight is 796 g/mol. The SMILES string of the molecule is Cc1cc2c3c(c1)N(C1C=CC(C(C)(C)C)=CC1C)c1c(sc4ccc(C)cc14)B3c1ccc3c(c1C2c1ccc2c(c1)C(C)(C)CCC2(C)C)C(C)(C)CCC3(C)C. The Morgan fingerprint density at radius 2 is 1.37 bits per heavy atom. The molecule has 0 N–H and O–H groups in total. The van der Waals surface area contributed by atoms with E-state index in [0.717, 1.165) is 0 Å². The summed E-state index contributed by atoms with van der Waals surface area (Å²) < 4.78 is 2.92. The molecule has 0 radical (unpaired) electrons. The van der Waals surface area contributed by atoms with Gasteiger partial charge in [0.05, 0.1) is 11.7 Å². The van der Waals surface area contributed by atoms with Crippen molar-refractivity contribution in [1.29, 1.82) is 0 Å². The van der Waals surface area contributed by atoms with E-state index in [1.807, 2.05) is 0 Å². The van der Waals surface area contributed by atoms with Gasteiger partial charge in [-0.1, -0.05) is 155 Å². The first-order valence-corrected chi connectivity index (χ1v) is 23.6. The summed E-state index contributed by atoms with van der Waals surface area (Å²) in [5.41, 5.74) is 21.6. The molecule has 3 atom stereocenters. The van der Waals surface area contributed by atoms with Gasteiger partial charge < -0.3 is 4.90 Å². The maximum atomic E-state index is 2.82. The molecule has 0 saturated carbocycles. The van der Waals surface area contributed by atoms with E-state index in [2.05, 4.69) is 192 Å². The van der Waals surface area contributed by atoms with E-state index in [4.69, 9.17) is 0 Å². The van der Waals surface area contributed by atoms with E-state index in [0.29, 0.717) is 5.92 Å². The van der Waals surface area contributed by atoms with Gasteiger partial charge in [-0.05, 0) is 146 Å². The number of anilines is 2. The van der Waals surface area contributed by atoms with Crippen LogP contribution in [0, 0.1) is 25.2 Å². The highest BCUT2D eigenvalue weighted by Crippen LogP contribution is 2.54. The van der Waals surface area contributed by atoms with E-state index in [1.165, 1.54) is 79.7 Å². The topological polar surface area (TPSA) is 3.24 Å². The summed E-state index contributed by atoms with van der Waals surface area (Å²) in [4.78, 5) is 2.82. The number of aryl methyl sites for hydroxylation is 2. The molecule has 3 heteroatoms. The fraction of sp³-hybridized carbons (Fsp3) is 0.464. The molecule has 59 heavy (non-hydrogen) atoms. The van der Waals surface area contributed by atoms with Gasteiger partial charge in [0, 0.05) is 26.5 Å². The predicted octanol–water partition coefficient (Wildman–Crippen LogP) is 13.2. The number of hydrogen-bond donors (Lipinski definition) is 0. The Bertz CT molecular complexity index is 2670. The van der Waals surface area contributed by atoms with Crippen molar-refractivity contribution < 1.29 is 0 Å². The number of fused-ring (bicyclic) bond motifs is 9. The molecule has 0 fully saturated rings. The van der Waals surface area contributed by atoms with Crippen molar-refractivity contribution in [3.63, 3.8) is 0 Å². The molecule has 0 saturated heterocycles. The molecule has 2 aliphatic heterocycles. The van der Waals surface area contributed by atoms with Crippen molar-refractivity contribution >= 4 is 55.2 Å². The summed E-state index contributed by atoms with van der Waals surface area (Å²) in [6.45, 7) is 34.4. The largest absolute Gasteiger partial charge is 0.334 e. The standard InChI is InChI=1S/C56H66BNS/c1-32-15-22-45-37(27-32)50-51(59-45)57-42-20-19-40-48(56(13,14)26-25-54(40,9)10)47(42)46(35-16-18-39-41(31-35)55(11,12)24-23-53(39,7)8)38-28-33(2)29-44(49(38)57)58(50)43-21-17-36(30-34(43)3)52(4,5)6/h15-22,27-31,34,43,46H,23-26H2,1-14H3. The lowest BCUT2D eigenvalue weighted by Gasteiger charge is -2.49. The molecular formula is C56H66BNS. The zero-order valence-electron chi connectivity index (χ0n) is 38.5. The second-order valence-electron chi connectivity index (χ2n) is 23.2. The maximum Gasteiger partial charge on any atom is 0.260 e. The smallest absolute Gasteiger partial charge is 0.260 e. The lowest BCUT2D eigenvalue weighted by Crippen LogP contribution is -2.63. The third kappa shape index (κ3) is 5.75. The molecule has 0 amide bonds. The molecule has 0 spiro atoms. The fourth-order valence-corrected chi connectivity index (χ4v) is 13.7. The lowest BCUT2D eigenvalue weighted by molar-refractivity contribution is 0.329. The van der Waals surface area contributed by atoms with Crippen LogP contribution in [0.25, 0.3) is 10.1 Å². The molecule has 10 rings (SSSR count). The van der Waals surface area contributed by atoms with Crippen molar-refractivity contribution in [3.05, 3.63) is 135 Å². The molecule has 4 aromatic carbocycles. The molecule has 5 aliphatic rings. The Labute approximate surface area is 360 Å². The van der Waals surface area contributed by atoms with Gasteiger partial charge in [-0.3, -0.25) is 0 Å². The quantitative estimate of drug-likeness (QED) is 0.158. The van der Waals surface area contributed by atoms with E-state index in [9.17, 15) is 0 Å². The molecule has 304 valence electrons. The molecule has 3 aliphatic carbocycles. The van der Waals surface area contributed by atoms with Crippen LogP contribution in [-0.4, -0.2) is 12.8 Å². The first-order chi connectivity index (χ1) is 27.6. The molecule has 1 nitrogen and oxygen atoms in total. The van der Waals surface area contributed by atoms with Gasteiger partial charge in [0.1, 0.15) is 0 Å².